The van der Waals surface area contributed by atoms with Gasteiger partial charge in [-0.25, -0.2) is 0 Å². The van der Waals surface area contributed by atoms with Crippen LogP contribution in [-0.2, 0) is 6.42 Å². The minimum absolute atomic E-state index is 0.927. The molecule has 0 atom stereocenters. The molecule has 0 N–H and O–H groups in total. The molecule has 128 valence electrons. The maximum absolute atomic E-state index is 3.87. The van der Waals surface area contributed by atoms with Crippen molar-refractivity contribution in [2.75, 3.05) is 0 Å². The van der Waals surface area contributed by atoms with E-state index in [1.165, 1.54) is 16.7 Å². The summed E-state index contributed by atoms with van der Waals surface area (Å²) < 4.78 is 0. The lowest BCUT2D eigenvalue weighted by atomic mass is 10.0. The number of rotatable bonds is 3. The van der Waals surface area contributed by atoms with Gasteiger partial charge in [0.15, 0.2) is 0 Å². The number of hydrogen-bond donors (Lipinski definition) is 0. The molecule has 0 radical (unpaired) electrons. The van der Waals surface area contributed by atoms with E-state index in [1.807, 2.05) is 49.4 Å². The highest BCUT2D eigenvalue weighted by atomic mass is 15.1. The average molecular weight is 340 g/mol. The van der Waals surface area contributed by atoms with Crippen LogP contribution in [0.1, 0.15) is 16.7 Å². The maximum Gasteiger partial charge on any atom is 0.0577 e. The van der Waals surface area contributed by atoms with Gasteiger partial charge in [0.05, 0.1) is 18.6 Å². The normalized spacial score (nSPS) is 9.88. The molecule has 0 amide bonds. The zero-order valence-electron chi connectivity index (χ0n) is 14.7. The second kappa shape index (κ2) is 9.18. The van der Waals surface area contributed by atoms with Crippen LogP contribution in [0.4, 0.5) is 0 Å². The fourth-order valence-corrected chi connectivity index (χ4v) is 2.56. The summed E-state index contributed by atoms with van der Waals surface area (Å²) in [7, 11) is 0. The van der Waals surface area contributed by atoms with E-state index in [2.05, 4.69) is 44.7 Å². The second-order valence-corrected chi connectivity index (χ2v) is 5.86. The summed E-state index contributed by atoms with van der Waals surface area (Å²) in [5, 5.41) is 15.3. The van der Waals surface area contributed by atoms with Crippen molar-refractivity contribution in [3.8, 4) is 11.1 Å². The Balaban J connectivity index is 0.000000151. The minimum Gasteiger partial charge on any atom is -0.159 e. The van der Waals surface area contributed by atoms with Crippen molar-refractivity contribution in [1.82, 2.24) is 20.4 Å². The molecule has 0 spiro atoms. The van der Waals surface area contributed by atoms with E-state index < -0.39 is 0 Å². The Kier molecular flexibility index (Phi) is 6.15. The SMILES string of the molecule is Cc1cnncc1-c1ccccc1.c1ccc(Cc2ccnnc2)cc1. The molecule has 4 nitrogen and oxygen atoms in total. The molecule has 0 aliphatic carbocycles. The van der Waals surface area contributed by atoms with Gasteiger partial charge in [0.25, 0.3) is 0 Å². The molecule has 0 bridgehead atoms. The summed E-state index contributed by atoms with van der Waals surface area (Å²) in [6.07, 6.45) is 8.02. The molecule has 2 heterocycles. The first-order chi connectivity index (χ1) is 12.8. The average Bonchev–Trinajstić information content (AvgIpc) is 2.71. The Hall–Kier alpha value is -3.40. The number of benzene rings is 2. The van der Waals surface area contributed by atoms with Crippen molar-refractivity contribution in [2.45, 2.75) is 13.3 Å². The van der Waals surface area contributed by atoms with Crippen LogP contribution >= 0.6 is 0 Å². The predicted molar refractivity (Wildman–Crippen MR) is 103 cm³/mol. The third kappa shape index (κ3) is 5.05. The molecule has 26 heavy (non-hydrogen) atoms. The molecular weight excluding hydrogens is 320 g/mol. The Morgan fingerprint density at radius 3 is 1.92 bits per heavy atom. The first kappa shape index (κ1) is 17.4. The molecule has 2 aromatic carbocycles. The Morgan fingerprint density at radius 1 is 0.615 bits per heavy atom. The van der Waals surface area contributed by atoms with Crippen molar-refractivity contribution >= 4 is 0 Å². The maximum atomic E-state index is 3.87. The Labute approximate surface area is 153 Å². The van der Waals surface area contributed by atoms with E-state index in [-0.39, 0.29) is 0 Å². The van der Waals surface area contributed by atoms with Crippen LogP contribution in [0.25, 0.3) is 11.1 Å². The Bertz CT molecular complexity index is 873. The summed E-state index contributed by atoms with van der Waals surface area (Å²) in [5.74, 6) is 0. The molecule has 0 unspecified atom stereocenters. The van der Waals surface area contributed by atoms with Crippen LogP contribution < -0.4 is 0 Å². The van der Waals surface area contributed by atoms with Crippen LogP contribution in [0.2, 0.25) is 0 Å². The van der Waals surface area contributed by atoms with Gasteiger partial charge in [0.2, 0.25) is 0 Å². The van der Waals surface area contributed by atoms with Crippen LogP contribution in [0, 0.1) is 6.92 Å². The van der Waals surface area contributed by atoms with Crippen molar-refractivity contribution in [2.24, 2.45) is 0 Å². The quantitative estimate of drug-likeness (QED) is 0.550. The highest BCUT2D eigenvalue weighted by molar-refractivity contribution is 5.65. The third-order valence-electron chi connectivity index (χ3n) is 3.91. The van der Waals surface area contributed by atoms with Gasteiger partial charge in [-0.2, -0.15) is 20.4 Å². The van der Waals surface area contributed by atoms with Crippen molar-refractivity contribution in [1.29, 1.82) is 0 Å². The molecule has 0 saturated carbocycles. The molecule has 4 rings (SSSR count). The van der Waals surface area contributed by atoms with Crippen LogP contribution in [0.5, 0.6) is 0 Å². The third-order valence-corrected chi connectivity index (χ3v) is 3.91. The lowest BCUT2D eigenvalue weighted by Gasteiger charge is -2.02. The van der Waals surface area contributed by atoms with E-state index in [1.54, 1.807) is 24.8 Å². The van der Waals surface area contributed by atoms with Gasteiger partial charge in [-0.15, -0.1) is 0 Å². The zero-order chi connectivity index (χ0) is 18.0. The minimum atomic E-state index is 0.927. The van der Waals surface area contributed by atoms with Gasteiger partial charge >= 0.3 is 0 Å². The topological polar surface area (TPSA) is 51.6 Å². The van der Waals surface area contributed by atoms with Crippen molar-refractivity contribution < 1.29 is 0 Å². The number of hydrogen-bond acceptors (Lipinski definition) is 4. The first-order valence-electron chi connectivity index (χ1n) is 8.45. The Morgan fingerprint density at radius 2 is 1.27 bits per heavy atom. The standard InChI is InChI=1S/2C11H10N2/c1-9-7-12-13-8-11(9)10-5-3-2-4-6-10;1-2-4-10(5-3-1)8-11-6-7-12-13-9-11/h2-8H,1H3;1-7,9H,8H2. The van der Waals surface area contributed by atoms with Gasteiger partial charge in [0, 0.05) is 11.8 Å². The summed E-state index contributed by atoms with van der Waals surface area (Å²) in [6.45, 7) is 2.04. The largest absolute Gasteiger partial charge is 0.159 e. The van der Waals surface area contributed by atoms with Gasteiger partial charge in [0.1, 0.15) is 0 Å². The molecular formula is C22H20N4. The van der Waals surface area contributed by atoms with Gasteiger partial charge in [-0.1, -0.05) is 60.7 Å². The fourth-order valence-electron chi connectivity index (χ4n) is 2.56. The second-order valence-electron chi connectivity index (χ2n) is 5.86. The zero-order valence-corrected chi connectivity index (χ0v) is 14.7. The van der Waals surface area contributed by atoms with Crippen molar-refractivity contribution in [3.63, 3.8) is 0 Å². The van der Waals surface area contributed by atoms with E-state index in [0.29, 0.717) is 0 Å². The van der Waals surface area contributed by atoms with Crippen molar-refractivity contribution in [3.05, 3.63) is 108 Å². The van der Waals surface area contributed by atoms with Crippen LogP contribution in [-0.4, -0.2) is 20.4 Å². The monoisotopic (exact) mass is 340 g/mol. The summed E-state index contributed by atoms with van der Waals surface area (Å²) >= 11 is 0. The van der Waals surface area contributed by atoms with Gasteiger partial charge in [-0.05, 0) is 41.7 Å². The fraction of sp³-hybridized carbons (Fsp3) is 0.0909. The van der Waals surface area contributed by atoms with Crippen LogP contribution in [0.3, 0.4) is 0 Å². The number of aryl methyl sites for hydroxylation is 1. The predicted octanol–water partition coefficient (Wildman–Crippen LogP) is 4.52. The molecule has 0 saturated heterocycles. The lowest BCUT2D eigenvalue weighted by Crippen LogP contribution is -1.89. The highest BCUT2D eigenvalue weighted by Gasteiger charge is 1.99. The van der Waals surface area contributed by atoms with Crippen LogP contribution in [0.15, 0.2) is 91.5 Å². The van der Waals surface area contributed by atoms with Gasteiger partial charge in [-0.3, -0.25) is 0 Å². The smallest absolute Gasteiger partial charge is 0.0577 e. The molecule has 0 aliphatic heterocycles. The van der Waals surface area contributed by atoms with Gasteiger partial charge < -0.3 is 0 Å². The summed E-state index contributed by atoms with van der Waals surface area (Å²) in [4.78, 5) is 0. The van der Waals surface area contributed by atoms with E-state index in [9.17, 15) is 0 Å². The number of aromatic nitrogens is 4. The molecule has 2 aromatic heterocycles. The lowest BCUT2D eigenvalue weighted by molar-refractivity contribution is 0.994. The highest BCUT2D eigenvalue weighted by Crippen LogP contribution is 2.20. The number of nitrogens with zero attached hydrogens (tertiary/aromatic N) is 4. The molecule has 0 fully saturated rings. The summed E-state index contributed by atoms with van der Waals surface area (Å²) in [6, 6.07) is 22.5. The molecule has 0 aliphatic rings. The van der Waals surface area contributed by atoms with E-state index in [4.69, 9.17) is 0 Å². The van der Waals surface area contributed by atoms with E-state index >= 15 is 0 Å². The summed E-state index contributed by atoms with van der Waals surface area (Å²) in [5.41, 5.74) is 5.99. The molecule has 4 aromatic rings. The first-order valence-corrected chi connectivity index (χ1v) is 8.45. The molecule has 4 heteroatoms. The van der Waals surface area contributed by atoms with E-state index in [0.717, 1.165) is 17.5 Å².